The molecular weight excluding hydrogens is 232 g/mol. The molecule has 18 heavy (non-hydrogen) atoms. The molecule has 2 atom stereocenters. The lowest BCUT2D eigenvalue weighted by molar-refractivity contribution is -0.140. The molecule has 5 nitrogen and oxygen atoms in total. The maximum atomic E-state index is 11.9. The number of rotatable bonds is 6. The van der Waals surface area contributed by atoms with Crippen LogP contribution in [0.3, 0.4) is 0 Å². The number of nitrogens with zero attached hydrogens (tertiary/aromatic N) is 1. The maximum absolute atomic E-state index is 11.9. The van der Waals surface area contributed by atoms with Gasteiger partial charge in [-0.3, -0.25) is 0 Å². The Morgan fingerprint density at radius 3 is 2.44 bits per heavy atom. The van der Waals surface area contributed by atoms with E-state index in [4.69, 9.17) is 5.11 Å². The predicted octanol–water partition coefficient (Wildman–Crippen LogP) is 1.93. The number of aliphatic carboxylic acids is 1. The van der Waals surface area contributed by atoms with Crippen molar-refractivity contribution in [2.24, 2.45) is 11.8 Å². The molecule has 0 heterocycles. The molecule has 1 aliphatic rings. The van der Waals surface area contributed by atoms with Crippen LogP contribution in [0.25, 0.3) is 0 Å². The number of amides is 2. The minimum Gasteiger partial charge on any atom is -0.480 e. The Hall–Kier alpha value is -1.26. The summed E-state index contributed by atoms with van der Waals surface area (Å²) < 4.78 is 0. The highest BCUT2D eigenvalue weighted by atomic mass is 16.4. The molecule has 1 fully saturated rings. The van der Waals surface area contributed by atoms with Crippen LogP contribution in [0.2, 0.25) is 0 Å². The van der Waals surface area contributed by atoms with Crippen molar-refractivity contribution in [2.45, 2.75) is 45.6 Å². The van der Waals surface area contributed by atoms with Gasteiger partial charge in [0, 0.05) is 13.6 Å². The Kier molecular flexibility index (Phi) is 5.44. The second kappa shape index (κ2) is 6.61. The van der Waals surface area contributed by atoms with Gasteiger partial charge < -0.3 is 15.3 Å². The minimum atomic E-state index is -0.963. The van der Waals surface area contributed by atoms with Gasteiger partial charge in [-0.1, -0.05) is 26.7 Å². The van der Waals surface area contributed by atoms with Crippen molar-refractivity contribution in [1.29, 1.82) is 0 Å². The molecule has 1 unspecified atom stereocenters. The molecule has 1 saturated carbocycles. The summed E-state index contributed by atoms with van der Waals surface area (Å²) in [7, 11) is 1.73. The van der Waals surface area contributed by atoms with E-state index in [9.17, 15) is 9.59 Å². The summed E-state index contributed by atoms with van der Waals surface area (Å²) in [6.07, 6.45) is 4.31. The van der Waals surface area contributed by atoms with Gasteiger partial charge in [0.05, 0.1) is 0 Å². The fourth-order valence-electron chi connectivity index (χ4n) is 2.07. The molecule has 0 aromatic rings. The molecule has 104 valence electrons. The molecule has 5 heteroatoms. The number of urea groups is 1. The van der Waals surface area contributed by atoms with Gasteiger partial charge in [0.25, 0.3) is 0 Å². The van der Waals surface area contributed by atoms with E-state index >= 15 is 0 Å². The van der Waals surface area contributed by atoms with Gasteiger partial charge in [-0.25, -0.2) is 9.59 Å². The summed E-state index contributed by atoms with van der Waals surface area (Å²) in [6.45, 7) is 4.48. The summed E-state index contributed by atoms with van der Waals surface area (Å²) in [4.78, 5) is 24.6. The van der Waals surface area contributed by atoms with Crippen LogP contribution in [0.15, 0.2) is 0 Å². The summed E-state index contributed by atoms with van der Waals surface area (Å²) in [5.41, 5.74) is 0. The predicted molar refractivity (Wildman–Crippen MR) is 69.4 cm³/mol. The highest BCUT2D eigenvalue weighted by Crippen LogP contribution is 2.26. The quantitative estimate of drug-likeness (QED) is 0.763. The van der Waals surface area contributed by atoms with E-state index < -0.39 is 12.0 Å². The summed E-state index contributed by atoms with van der Waals surface area (Å²) in [5.74, 6) is -0.439. The highest BCUT2D eigenvalue weighted by molar-refractivity contribution is 5.82. The second-order valence-electron chi connectivity index (χ2n) is 5.33. The zero-order valence-electron chi connectivity index (χ0n) is 11.5. The molecule has 0 aromatic carbocycles. The lowest BCUT2D eigenvalue weighted by Gasteiger charge is -2.31. The molecule has 0 spiro atoms. The second-order valence-corrected chi connectivity index (χ2v) is 5.33. The van der Waals surface area contributed by atoms with Crippen molar-refractivity contribution in [2.75, 3.05) is 13.6 Å². The fraction of sp³-hybridized carbons (Fsp3) is 0.846. The van der Waals surface area contributed by atoms with Crippen LogP contribution in [-0.2, 0) is 4.79 Å². The molecular formula is C13H24N2O3. The van der Waals surface area contributed by atoms with Crippen LogP contribution in [0.1, 0.15) is 39.5 Å². The van der Waals surface area contributed by atoms with E-state index in [0.717, 1.165) is 13.0 Å². The smallest absolute Gasteiger partial charge is 0.326 e. The van der Waals surface area contributed by atoms with Gasteiger partial charge in [-0.2, -0.15) is 0 Å². The van der Waals surface area contributed by atoms with Crippen molar-refractivity contribution in [3.05, 3.63) is 0 Å². The van der Waals surface area contributed by atoms with E-state index in [0.29, 0.717) is 5.92 Å². The Bertz CT molecular complexity index is 303. The van der Waals surface area contributed by atoms with E-state index in [2.05, 4.69) is 5.32 Å². The van der Waals surface area contributed by atoms with E-state index in [1.165, 1.54) is 19.3 Å². The molecule has 1 rings (SSSR count). The Labute approximate surface area is 109 Å². The number of nitrogens with one attached hydrogen (secondary N) is 1. The average molecular weight is 256 g/mol. The number of carbonyl (C=O) groups is 2. The van der Waals surface area contributed by atoms with E-state index in [1.54, 1.807) is 11.9 Å². The van der Waals surface area contributed by atoms with Gasteiger partial charge >= 0.3 is 12.0 Å². The first-order valence-electron chi connectivity index (χ1n) is 6.70. The third-order valence-corrected chi connectivity index (χ3v) is 3.86. The van der Waals surface area contributed by atoms with Gasteiger partial charge in [0.2, 0.25) is 0 Å². The summed E-state index contributed by atoms with van der Waals surface area (Å²) >= 11 is 0. The van der Waals surface area contributed by atoms with E-state index in [1.807, 2.05) is 13.8 Å². The molecule has 0 radical (unpaired) electrons. The first-order chi connectivity index (χ1) is 8.45. The van der Waals surface area contributed by atoms with Crippen molar-refractivity contribution >= 4 is 12.0 Å². The minimum absolute atomic E-state index is 0.0662. The largest absolute Gasteiger partial charge is 0.480 e. The molecule has 0 bridgehead atoms. The summed E-state index contributed by atoms with van der Waals surface area (Å²) in [5, 5.41) is 11.7. The lowest BCUT2D eigenvalue weighted by atomic mass is 9.85. The van der Waals surface area contributed by atoms with Crippen LogP contribution < -0.4 is 5.32 Å². The normalized spacial score (nSPS) is 18.6. The standard InChI is InChI=1S/C13H24N2O3/c1-4-9(2)11(12(16)17)14-13(18)15(3)8-10-6-5-7-10/h9-11H,4-8H2,1-3H3,(H,14,18)(H,16,17)/t9?,11-/m0/s1. The monoisotopic (exact) mass is 256 g/mol. The summed E-state index contributed by atoms with van der Waals surface area (Å²) in [6, 6.07) is -1.08. The van der Waals surface area contributed by atoms with Gasteiger partial charge in [-0.15, -0.1) is 0 Å². The van der Waals surface area contributed by atoms with Crippen LogP contribution in [0, 0.1) is 11.8 Å². The van der Waals surface area contributed by atoms with E-state index in [-0.39, 0.29) is 11.9 Å². The van der Waals surface area contributed by atoms with Crippen LogP contribution >= 0.6 is 0 Å². The number of carboxylic acid groups (broad SMARTS) is 1. The van der Waals surface area contributed by atoms with Crippen LogP contribution in [-0.4, -0.2) is 41.6 Å². The Morgan fingerprint density at radius 1 is 1.44 bits per heavy atom. The molecule has 0 aromatic heterocycles. The third kappa shape index (κ3) is 3.89. The Balaban J connectivity index is 2.46. The molecule has 0 aliphatic heterocycles. The highest BCUT2D eigenvalue weighted by Gasteiger charge is 2.28. The first kappa shape index (κ1) is 14.8. The zero-order chi connectivity index (χ0) is 13.7. The number of hydrogen-bond donors (Lipinski definition) is 2. The Morgan fingerprint density at radius 2 is 2.06 bits per heavy atom. The number of hydrogen-bond acceptors (Lipinski definition) is 2. The molecule has 1 aliphatic carbocycles. The lowest BCUT2D eigenvalue weighted by Crippen LogP contribution is -2.50. The fourth-order valence-corrected chi connectivity index (χ4v) is 2.07. The van der Waals surface area contributed by atoms with Gasteiger partial charge in [-0.05, 0) is 24.7 Å². The van der Waals surface area contributed by atoms with Gasteiger partial charge in [0.15, 0.2) is 0 Å². The van der Waals surface area contributed by atoms with Crippen LogP contribution in [0.5, 0.6) is 0 Å². The number of carbonyl (C=O) groups excluding carboxylic acids is 1. The van der Waals surface area contributed by atoms with Crippen molar-refractivity contribution in [3.8, 4) is 0 Å². The molecule has 2 amide bonds. The number of carboxylic acids is 1. The van der Waals surface area contributed by atoms with Gasteiger partial charge in [0.1, 0.15) is 6.04 Å². The first-order valence-corrected chi connectivity index (χ1v) is 6.70. The zero-order valence-corrected chi connectivity index (χ0v) is 11.5. The van der Waals surface area contributed by atoms with Crippen molar-refractivity contribution < 1.29 is 14.7 Å². The maximum Gasteiger partial charge on any atom is 0.326 e. The molecule has 0 saturated heterocycles. The SMILES string of the molecule is CCC(C)[C@H](NC(=O)N(C)CC1CCC1)C(=O)O. The van der Waals surface area contributed by atoms with Crippen molar-refractivity contribution in [3.63, 3.8) is 0 Å². The topological polar surface area (TPSA) is 69.6 Å². The van der Waals surface area contributed by atoms with Crippen LogP contribution in [0.4, 0.5) is 4.79 Å². The molecule has 2 N–H and O–H groups in total. The average Bonchev–Trinajstić information content (AvgIpc) is 2.28. The third-order valence-electron chi connectivity index (χ3n) is 3.86. The van der Waals surface area contributed by atoms with Crippen molar-refractivity contribution in [1.82, 2.24) is 10.2 Å².